The summed E-state index contributed by atoms with van der Waals surface area (Å²) in [5.41, 5.74) is 0. The van der Waals surface area contributed by atoms with Gasteiger partial charge >= 0.3 is 0 Å². The monoisotopic (exact) mass is 260 g/mol. The van der Waals surface area contributed by atoms with Gasteiger partial charge in [-0.2, -0.15) is 0 Å². The molecule has 0 fully saturated rings. The summed E-state index contributed by atoms with van der Waals surface area (Å²) in [4.78, 5) is 0. The molecule has 0 spiro atoms. The highest BCUT2D eigenvalue weighted by molar-refractivity contribution is 7.32. The first kappa shape index (κ1) is 17.4. The first-order chi connectivity index (χ1) is 8.20. The van der Waals surface area contributed by atoms with Crippen LogP contribution in [0.3, 0.4) is 0 Å². The molecule has 0 aromatic carbocycles. The minimum absolute atomic E-state index is 0.870. The Balaban J connectivity index is 3.64. The Morgan fingerprint density at radius 1 is 0.706 bits per heavy atom. The molecule has 0 heterocycles. The summed E-state index contributed by atoms with van der Waals surface area (Å²) in [6.07, 6.45) is 11.0. The average molecular weight is 260 g/mol. The molecule has 104 valence electrons. The fraction of sp³-hybridized carbons (Fsp3) is 1.00. The van der Waals surface area contributed by atoms with Crippen molar-refractivity contribution >= 4 is 8.88 Å². The van der Waals surface area contributed by atoms with Gasteiger partial charge in [0.05, 0.1) is 0 Å². The van der Waals surface area contributed by atoms with Gasteiger partial charge in [-0.1, -0.05) is 52.4 Å². The van der Waals surface area contributed by atoms with E-state index in [-0.39, 0.29) is 0 Å². The van der Waals surface area contributed by atoms with Gasteiger partial charge in [0, 0.05) is 22.0 Å². The predicted octanol–water partition coefficient (Wildman–Crippen LogP) is 4.52. The largest absolute Gasteiger partial charge is 0.279 e. The smallest absolute Gasteiger partial charge is 0.0234 e. The van der Waals surface area contributed by atoms with E-state index in [1.54, 1.807) is 0 Å². The van der Waals surface area contributed by atoms with E-state index >= 15 is 0 Å². The molecule has 17 heavy (non-hydrogen) atoms. The molecule has 0 radical (unpaired) electrons. The molecular weight excluding hydrogens is 227 g/mol. The molecule has 0 saturated heterocycles. The molecule has 0 amide bonds. The van der Waals surface area contributed by atoms with Crippen molar-refractivity contribution in [2.75, 3.05) is 27.2 Å². The lowest BCUT2D eigenvalue weighted by molar-refractivity contribution is 0.406. The van der Waals surface area contributed by atoms with Crippen molar-refractivity contribution in [3.8, 4) is 0 Å². The van der Waals surface area contributed by atoms with Crippen LogP contribution in [0.15, 0.2) is 0 Å². The maximum atomic E-state index is 2.64. The lowest BCUT2D eigenvalue weighted by Gasteiger charge is -2.25. The topological polar surface area (TPSA) is 6.48 Å². The van der Waals surface area contributed by atoms with Gasteiger partial charge in [0.15, 0.2) is 0 Å². The Labute approximate surface area is 111 Å². The molecule has 0 aliphatic heterocycles. The molecule has 0 aromatic heterocycles. The van der Waals surface area contributed by atoms with Crippen LogP contribution in [-0.2, 0) is 0 Å². The van der Waals surface area contributed by atoms with Gasteiger partial charge in [-0.25, -0.2) is 0 Å². The van der Waals surface area contributed by atoms with Gasteiger partial charge in [-0.3, -0.25) is 9.34 Å². The Hall–Kier alpha value is 0.350. The van der Waals surface area contributed by atoms with Crippen molar-refractivity contribution in [2.24, 2.45) is 0 Å². The van der Waals surface area contributed by atoms with Gasteiger partial charge in [0.25, 0.3) is 0 Å². The zero-order chi connectivity index (χ0) is 12.9. The number of nitrogens with zero attached hydrogens (tertiary/aromatic N) is 2. The van der Waals surface area contributed by atoms with E-state index in [2.05, 4.69) is 37.3 Å². The van der Waals surface area contributed by atoms with Gasteiger partial charge in [0.1, 0.15) is 0 Å². The first-order valence-corrected chi connectivity index (χ1v) is 8.28. The first-order valence-electron chi connectivity index (χ1n) is 7.39. The van der Waals surface area contributed by atoms with E-state index in [4.69, 9.17) is 0 Å². The lowest BCUT2D eigenvalue weighted by Crippen LogP contribution is -2.21. The van der Waals surface area contributed by atoms with Crippen LogP contribution in [0.5, 0.6) is 0 Å². The van der Waals surface area contributed by atoms with E-state index in [0.717, 1.165) is 8.88 Å². The standard InChI is InChI=1S/C14H33N2P/c1-5-7-9-11-13-16(17-15(3)4)14-12-10-8-6-2/h17H,5-14H2,1-4H3. The summed E-state index contributed by atoms with van der Waals surface area (Å²) in [7, 11) is 5.24. The second-order valence-electron chi connectivity index (χ2n) is 5.10. The highest BCUT2D eigenvalue weighted by Gasteiger charge is 2.05. The fourth-order valence-electron chi connectivity index (χ4n) is 1.95. The third-order valence-corrected chi connectivity index (χ3v) is 4.03. The summed E-state index contributed by atoms with van der Waals surface area (Å²) in [5, 5.41) is 0. The van der Waals surface area contributed by atoms with E-state index in [0.29, 0.717) is 0 Å². The van der Waals surface area contributed by atoms with Crippen molar-refractivity contribution in [2.45, 2.75) is 65.2 Å². The SMILES string of the molecule is CCCCCCN(CCCCCC)PN(C)C. The van der Waals surface area contributed by atoms with Crippen molar-refractivity contribution in [1.29, 1.82) is 0 Å². The second kappa shape index (κ2) is 12.8. The molecule has 0 aliphatic rings. The maximum absolute atomic E-state index is 2.64. The quantitative estimate of drug-likeness (QED) is 0.376. The Morgan fingerprint density at radius 3 is 1.53 bits per heavy atom. The highest BCUT2D eigenvalue weighted by atomic mass is 31.1. The van der Waals surface area contributed by atoms with Gasteiger partial charge in [-0.15, -0.1) is 0 Å². The highest BCUT2D eigenvalue weighted by Crippen LogP contribution is 2.22. The Kier molecular flexibility index (Phi) is 13.1. The molecule has 3 heteroatoms. The number of hydrogen-bond donors (Lipinski definition) is 0. The van der Waals surface area contributed by atoms with Crippen LogP contribution in [-0.4, -0.2) is 36.5 Å². The fourth-order valence-corrected chi connectivity index (χ4v) is 3.04. The van der Waals surface area contributed by atoms with Crippen LogP contribution in [0.25, 0.3) is 0 Å². The van der Waals surface area contributed by atoms with E-state index in [9.17, 15) is 0 Å². The summed E-state index contributed by atoms with van der Waals surface area (Å²) in [6, 6.07) is 0. The predicted molar refractivity (Wildman–Crippen MR) is 81.9 cm³/mol. The third-order valence-electron chi connectivity index (χ3n) is 2.90. The van der Waals surface area contributed by atoms with E-state index < -0.39 is 0 Å². The minimum atomic E-state index is 0.870. The molecule has 1 unspecified atom stereocenters. The molecule has 2 nitrogen and oxygen atoms in total. The second-order valence-corrected chi connectivity index (χ2v) is 6.83. The molecule has 0 aliphatic carbocycles. The third kappa shape index (κ3) is 12.6. The molecule has 0 saturated carbocycles. The zero-order valence-electron chi connectivity index (χ0n) is 12.5. The van der Waals surface area contributed by atoms with Crippen LogP contribution in [0.4, 0.5) is 0 Å². The number of rotatable bonds is 12. The Morgan fingerprint density at radius 2 is 1.18 bits per heavy atom. The summed E-state index contributed by atoms with van der Waals surface area (Å²) in [6.45, 7) is 7.15. The number of unbranched alkanes of at least 4 members (excludes halogenated alkanes) is 6. The molecule has 0 rings (SSSR count). The van der Waals surface area contributed by atoms with Crippen molar-refractivity contribution in [3.63, 3.8) is 0 Å². The van der Waals surface area contributed by atoms with Crippen LogP contribution in [0.1, 0.15) is 65.2 Å². The Bertz CT molecular complexity index is 139. The maximum Gasteiger partial charge on any atom is 0.0234 e. The van der Waals surface area contributed by atoms with Crippen LogP contribution in [0, 0.1) is 0 Å². The van der Waals surface area contributed by atoms with E-state index in [1.807, 2.05) is 0 Å². The summed E-state index contributed by atoms with van der Waals surface area (Å²) >= 11 is 0. The van der Waals surface area contributed by atoms with Crippen molar-refractivity contribution in [1.82, 2.24) is 9.34 Å². The summed E-state index contributed by atoms with van der Waals surface area (Å²) < 4.78 is 4.96. The van der Waals surface area contributed by atoms with Gasteiger partial charge in [0.2, 0.25) is 0 Å². The minimum Gasteiger partial charge on any atom is -0.279 e. The lowest BCUT2D eigenvalue weighted by atomic mass is 10.2. The zero-order valence-corrected chi connectivity index (χ0v) is 13.5. The van der Waals surface area contributed by atoms with E-state index in [1.165, 1.54) is 64.5 Å². The van der Waals surface area contributed by atoms with Gasteiger partial charge < -0.3 is 0 Å². The van der Waals surface area contributed by atoms with Crippen molar-refractivity contribution in [3.05, 3.63) is 0 Å². The molecule has 0 bridgehead atoms. The van der Waals surface area contributed by atoms with Gasteiger partial charge in [-0.05, 0) is 26.9 Å². The molecule has 0 aromatic rings. The van der Waals surface area contributed by atoms with Crippen molar-refractivity contribution < 1.29 is 0 Å². The molecule has 1 atom stereocenters. The van der Waals surface area contributed by atoms with Crippen LogP contribution >= 0.6 is 8.88 Å². The number of hydrogen-bond acceptors (Lipinski definition) is 2. The summed E-state index contributed by atoms with van der Waals surface area (Å²) in [5.74, 6) is 0. The van der Waals surface area contributed by atoms with Crippen LogP contribution in [0.2, 0.25) is 0 Å². The molecular formula is C14H33N2P. The molecule has 0 N–H and O–H groups in total. The normalized spacial score (nSPS) is 12.4. The average Bonchev–Trinajstić information content (AvgIpc) is 2.29. The van der Waals surface area contributed by atoms with Crippen LogP contribution < -0.4 is 0 Å².